The predicted molar refractivity (Wildman–Crippen MR) is 81.8 cm³/mol. The standard InChI is InChI=1S/C13H14N6OS/c1-14-10-16-11(19(2)3)18-12(17-10)21-13-15-8-6-4-5-7-9(8)20-13/h4-7H,1-3H3,(H,14,16,17,18). The molecule has 0 aliphatic rings. The summed E-state index contributed by atoms with van der Waals surface area (Å²) in [6.45, 7) is 0. The van der Waals surface area contributed by atoms with Gasteiger partial charge in [0, 0.05) is 32.9 Å². The lowest BCUT2D eigenvalue weighted by Crippen LogP contribution is -2.15. The van der Waals surface area contributed by atoms with Crippen molar-refractivity contribution in [2.75, 3.05) is 31.4 Å². The molecule has 0 amide bonds. The van der Waals surface area contributed by atoms with Crippen molar-refractivity contribution in [2.24, 2.45) is 0 Å². The van der Waals surface area contributed by atoms with E-state index in [9.17, 15) is 0 Å². The largest absolute Gasteiger partial charge is 0.431 e. The number of anilines is 2. The highest BCUT2D eigenvalue weighted by molar-refractivity contribution is 7.98. The predicted octanol–water partition coefficient (Wildman–Crippen LogP) is 2.27. The van der Waals surface area contributed by atoms with Crippen LogP contribution in [0.2, 0.25) is 0 Å². The summed E-state index contributed by atoms with van der Waals surface area (Å²) >= 11 is 1.27. The van der Waals surface area contributed by atoms with E-state index in [0.29, 0.717) is 22.3 Å². The third-order valence-electron chi connectivity index (χ3n) is 2.68. The minimum atomic E-state index is 0.507. The summed E-state index contributed by atoms with van der Waals surface area (Å²) in [5, 5.41) is 3.96. The molecule has 1 aromatic carbocycles. The molecule has 0 radical (unpaired) electrons. The maximum absolute atomic E-state index is 5.66. The monoisotopic (exact) mass is 302 g/mol. The lowest BCUT2D eigenvalue weighted by molar-refractivity contribution is 0.488. The van der Waals surface area contributed by atoms with Crippen LogP contribution < -0.4 is 10.2 Å². The molecule has 0 unspecified atom stereocenters. The second-order valence-corrected chi connectivity index (χ2v) is 5.35. The van der Waals surface area contributed by atoms with E-state index in [1.165, 1.54) is 11.8 Å². The van der Waals surface area contributed by atoms with Crippen LogP contribution in [0.1, 0.15) is 0 Å². The normalized spacial score (nSPS) is 10.8. The molecule has 0 atom stereocenters. The molecule has 0 aliphatic heterocycles. The molecule has 108 valence electrons. The van der Waals surface area contributed by atoms with Gasteiger partial charge in [-0.25, -0.2) is 4.98 Å². The van der Waals surface area contributed by atoms with Gasteiger partial charge in [-0.15, -0.1) is 0 Å². The van der Waals surface area contributed by atoms with Gasteiger partial charge in [-0.2, -0.15) is 15.0 Å². The molecule has 8 heteroatoms. The molecule has 0 fully saturated rings. The lowest BCUT2D eigenvalue weighted by atomic mass is 10.3. The van der Waals surface area contributed by atoms with E-state index >= 15 is 0 Å². The number of oxazole rings is 1. The zero-order chi connectivity index (χ0) is 14.8. The molecule has 2 heterocycles. The maximum Gasteiger partial charge on any atom is 0.264 e. The van der Waals surface area contributed by atoms with Crippen LogP contribution in [-0.2, 0) is 0 Å². The molecular weight excluding hydrogens is 288 g/mol. The molecule has 0 aliphatic carbocycles. The molecule has 0 saturated heterocycles. The van der Waals surface area contributed by atoms with Gasteiger partial charge in [-0.3, -0.25) is 0 Å². The summed E-state index contributed by atoms with van der Waals surface area (Å²) < 4.78 is 5.66. The number of benzene rings is 1. The Balaban J connectivity index is 1.94. The van der Waals surface area contributed by atoms with E-state index < -0.39 is 0 Å². The van der Waals surface area contributed by atoms with E-state index in [4.69, 9.17) is 4.42 Å². The van der Waals surface area contributed by atoms with E-state index in [1.807, 2.05) is 43.3 Å². The van der Waals surface area contributed by atoms with Crippen LogP contribution in [0.5, 0.6) is 0 Å². The van der Waals surface area contributed by atoms with Crippen LogP contribution >= 0.6 is 11.8 Å². The second-order valence-electron chi connectivity index (χ2n) is 4.44. The minimum Gasteiger partial charge on any atom is -0.431 e. The van der Waals surface area contributed by atoms with Crippen LogP contribution in [0, 0.1) is 0 Å². The van der Waals surface area contributed by atoms with E-state index in [2.05, 4.69) is 25.3 Å². The van der Waals surface area contributed by atoms with Crippen LogP contribution in [0.3, 0.4) is 0 Å². The Morgan fingerprint density at radius 2 is 1.90 bits per heavy atom. The zero-order valence-electron chi connectivity index (χ0n) is 11.9. The number of fused-ring (bicyclic) bond motifs is 1. The Kier molecular flexibility index (Phi) is 3.61. The highest BCUT2D eigenvalue weighted by atomic mass is 32.2. The molecular formula is C13H14N6OS. The zero-order valence-corrected chi connectivity index (χ0v) is 12.7. The Labute approximate surface area is 125 Å². The van der Waals surface area contributed by atoms with Gasteiger partial charge in [-0.05, 0) is 12.1 Å². The number of nitrogens with zero attached hydrogens (tertiary/aromatic N) is 5. The quantitative estimate of drug-likeness (QED) is 0.786. The number of aromatic nitrogens is 4. The Morgan fingerprint density at radius 1 is 1.10 bits per heavy atom. The molecule has 7 nitrogen and oxygen atoms in total. The molecule has 0 bridgehead atoms. The van der Waals surface area contributed by atoms with Gasteiger partial charge >= 0.3 is 0 Å². The molecule has 2 aromatic heterocycles. The summed E-state index contributed by atoms with van der Waals surface area (Å²) in [6.07, 6.45) is 0. The summed E-state index contributed by atoms with van der Waals surface area (Å²) in [5.74, 6) is 1.08. The molecule has 3 rings (SSSR count). The third kappa shape index (κ3) is 2.89. The van der Waals surface area contributed by atoms with E-state index in [1.54, 1.807) is 7.05 Å². The summed E-state index contributed by atoms with van der Waals surface area (Å²) in [5.41, 5.74) is 1.56. The van der Waals surface area contributed by atoms with Crippen LogP contribution in [0.25, 0.3) is 11.1 Å². The van der Waals surface area contributed by atoms with Gasteiger partial charge in [0.25, 0.3) is 5.22 Å². The van der Waals surface area contributed by atoms with Crippen molar-refractivity contribution >= 4 is 34.8 Å². The Hall–Kier alpha value is -2.35. The first-order valence-electron chi connectivity index (χ1n) is 6.30. The van der Waals surface area contributed by atoms with Crippen molar-refractivity contribution in [1.29, 1.82) is 0 Å². The topological polar surface area (TPSA) is 80.0 Å². The lowest BCUT2D eigenvalue weighted by Gasteiger charge is -2.11. The number of rotatable bonds is 4. The van der Waals surface area contributed by atoms with Crippen LogP contribution in [-0.4, -0.2) is 41.1 Å². The number of hydrogen-bond acceptors (Lipinski definition) is 8. The van der Waals surface area contributed by atoms with E-state index in [0.717, 1.165) is 11.1 Å². The van der Waals surface area contributed by atoms with Gasteiger partial charge in [0.1, 0.15) is 5.52 Å². The summed E-state index contributed by atoms with van der Waals surface area (Å²) in [4.78, 5) is 19.2. The van der Waals surface area contributed by atoms with Gasteiger partial charge in [-0.1, -0.05) is 12.1 Å². The SMILES string of the molecule is CNc1nc(Sc2nc3ccccc3o2)nc(N(C)C)n1. The van der Waals surface area contributed by atoms with E-state index in [-0.39, 0.29) is 0 Å². The van der Waals surface area contributed by atoms with Gasteiger partial charge in [0.2, 0.25) is 17.1 Å². The third-order valence-corrected chi connectivity index (χ3v) is 3.39. The molecule has 0 saturated carbocycles. The maximum atomic E-state index is 5.66. The first kappa shape index (κ1) is 13.6. The Morgan fingerprint density at radius 3 is 2.62 bits per heavy atom. The molecule has 1 N–H and O–H groups in total. The smallest absolute Gasteiger partial charge is 0.264 e. The second kappa shape index (κ2) is 5.57. The van der Waals surface area contributed by atoms with Gasteiger partial charge in [0.05, 0.1) is 0 Å². The fraction of sp³-hybridized carbons (Fsp3) is 0.231. The summed E-state index contributed by atoms with van der Waals surface area (Å²) in [7, 11) is 5.52. The fourth-order valence-electron chi connectivity index (χ4n) is 1.68. The van der Waals surface area contributed by atoms with Crippen molar-refractivity contribution in [2.45, 2.75) is 10.4 Å². The average Bonchev–Trinajstić information content (AvgIpc) is 2.88. The first-order valence-corrected chi connectivity index (χ1v) is 7.12. The Bertz CT molecular complexity index is 739. The van der Waals surface area contributed by atoms with Gasteiger partial charge in [0.15, 0.2) is 5.58 Å². The highest BCUT2D eigenvalue weighted by Crippen LogP contribution is 2.28. The van der Waals surface area contributed by atoms with Crippen LogP contribution in [0.15, 0.2) is 39.1 Å². The van der Waals surface area contributed by atoms with Crippen molar-refractivity contribution in [3.8, 4) is 0 Å². The number of nitrogens with one attached hydrogen (secondary N) is 1. The van der Waals surface area contributed by atoms with Crippen molar-refractivity contribution in [1.82, 2.24) is 19.9 Å². The van der Waals surface area contributed by atoms with Crippen LogP contribution in [0.4, 0.5) is 11.9 Å². The molecule has 0 spiro atoms. The van der Waals surface area contributed by atoms with Crippen molar-refractivity contribution in [3.63, 3.8) is 0 Å². The van der Waals surface area contributed by atoms with Crippen molar-refractivity contribution < 1.29 is 4.42 Å². The highest BCUT2D eigenvalue weighted by Gasteiger charge is 2.12. The minimum absolute atomic E-state index is 0.507. The molecule has 3 aromatic rings. The number of hydrogen-bond donors (Lipinski definition) is 1. The average molecular weight is 302 g/mol. The number of para-hydroxylation sites is 2. The van der Waals surface area contributed by atoms with Gasteiger partial charge < -0.3 is 14.6 Å². The fourth-order valence-corrected chi connectivity index (χ4v) is 2.37. The van der Waals surface area contributed by atoms with Crippen molar-refractivity contribution in [3.05, 3.63) is 24.3 Å². The first-order chi connectivity index (χ1) is 10.2. The molecule has 21 heavy (non-hydrogen) atoms. The summed E-state index contributed by atoms with van der Waals surface area (Å²) in [6, 6.07) is 7.62.